The van der Waals surface area contributed by atoms with Gasteiger partial charge >= 0.3 is 5.97 Å². The zero-order valence-electron chi connectivity index (χ0n) is 14.4. The average Bonchev–Trinajstić information content (AvgIpc) is 3.22. The highest BCUT2D eigenvalue weighted by Crippen LogP contribution is 2.10. The molecule has 0 fully saturated rings. The molecule has 3 rings (SSSR count). The van der Waals surface area contributed by atoms with Gasteiger partial charge in [-0.25, -0.2) is 13.9 Å². The standard InChI is InChI=1S/C18H16FN5O3/c1-12-7-13(5-6-16(12)19)9-20-17(25)10-27-18(26)14-3-2-4-15(8-14)24-11-21-22-23-24/h2-8,11H,9-10H2,1H3,(H,20,25). The van der Waals surface area contributed by atoms with E-state index >= 15 is 0 Å². The number of halogens is 1. The lowest BCUT2D eigenvalue weighted by molar-refractivity contribution is -0.124. The molecule has 0 bridgehead atoms. The van der Waals surface area contributed by atoms with Crippen molar-refractivity contribution in [2.45, 2.75) is 13.5 Å². The summed E-state index contributed by atoms with van der Waals surface area (Å²) in [6.07, 6.45) is 1.40. The van der Waals surface area contributed by atoms with Crippen molar-refractivity contribution in [2.24, 2.45) is 0 Å². The van der Waals surface area contributed by atoms with E-state index in [-0.39, 0.29) is 17.9 Å². The summed E-state index contributed by atoms with van der Waals surface area (Å²) in [4.78, 5) is 24.0. The highest BCUT2D eigenvalue weighted by molar-refractivity contribution is 5.91. The van der Waals surface area contributed by atoms with E-state index in [4.69, 9.17) is 4.74 Å². The topological polar surface area (TPSA) is 99.0 Å². The van der Waals surface area contributed by atoms with Crippen molar-refractivity contribution in [1.82, 2.24) is 25.5 Å². The predicted octanol–water partition coefficient (Wildman–Crippen LogP) is 1.58. The third kappa shape index (κ3) is 4.72. The first kappa shape index (κ1) is 18.2. The molecule has 8 nitrogen and oxygen atoms in total. The Bertz CT molecular complexity index is 959. The van der Waals surface area contributed by atoms with Crippen molar-refractivity contribution >= 4 is 11.9 Å². The number of aromatic nitrogens is 4. The van der Waals surface area contributed by atoms with Crippen molar-refractivity contribution in [3.63, 3.8) is 0 Å². The minimum Gasteiger partial charge on any atom is -0.452 e. The molecular formula is C18H16FN5O3. The maximum Gasteiger partial charge on any atom is 0.338 e. The van der Waals surface area contributed by atoms with Crippen LogP contribution in [0.1, 0.15) is 21.5 Å². The minimum atomic E-state index is -0.641. The molecule has 1 heterocycles. The van der Waals surface area contributed by atoms with E-state index in [1.54, 1.807) is 43.3 Å². The monoisotopic (exact) mass is 369 g/mol. The van der Waals surface area contributed by atoms with Crippen molar-refractivity contribution < 1.29 is 18.7 Å². The van der Waals surface area contributed by atoms with Crippen LogP contribution in [-0.4, -0.2) is 38.7 Å². The summed E-state index contributed by atoms with van der Waals surface area (Å²) < 4.78 is 19.6. The molecule has 0 saturated carbocycles. The van der Waals surface area contributed by atoms with E-state index in [2.05, 4.69) is 20.8 Å². The summed E-state index contributed by atoms with van der Waals surface area (Å²) in [5.41, 5.74) is 2.11. The summed E-state index contributed by atoms with van der Waals surface area (Å²) in [6, 6.07) is 11.1. The number of carbonyl (C=O) groups is 2. The van der Waals surface area contributed by atoms with Crippen LogP contribution >= 0.6 is 0 Å². The SMILES string of the molecule is Cc1cc(CNC(=O)COC(=O)c2cccc(-n3cnnn3)c2)ccc1F. The van der Waals surface area contributed by atoms with E-state index in [0.717, 1.165) is 5.56 Å². The molecule has 1 amide bonds. The van der Waals surface area contributed by atoms with Crippen LogP contribution in [0, 0.1) is 12.7 Å². The van der Waals surface area contributed by atoms with Gasteiger partial charge in [0.1, 0.15) is 12.1 Å². The van der Waals surface area contributed by atoms with E-state index in [1.165, 1.54) is 17.1 Å². The Balaban J connectivity index is 1.52. The fourth-order valence-electron chi connectivity index (χ4n) is 2.34. The van der Waals surface area contributed by atoms with Gasteiger partial charge in [-0.1, -0.05) is 18.2 Å². The van der Waals surface area contributed by atoms with Gasteiger partial charge in [-0.05, 0) is 52.7 Å². The molecule has 0 atom stereocenters. The number of tetrazole rings is 1. The van der Waals surface area contributed by atoms with Gasteiger partial charge in [0.2, 0.25) is 0 Å². The number of esters is 1. The molecule has 0 spiro atoms. The molecule has 3 aromatic rings. The molecule has 1 N–H and O–H groups in total. The highest BCUT2D eigenvalue weighted by atomic mass is 19.1. The number of nitrogens with one attached hydrogen (secondary N) is 1. The van der Waals surface area contributed by atoms with Crippen molar-refractivity contribution in [3.05, 3.63) is 71.3 Å². The number of carbonyl (C=O) groups excluding carboxylic acids is 2. The molecule has 0 radical (unpaired) electrons. The summed E-state index contributed by atoms with van der Waals surface area (Å²) in [5.74, 6) is -1.40. The van der Waals surface area contributed by atoms with Gasteiger partial charge in [0, 0.05) is 6.54 Å². The molecule has 0 aliphatic heterocycles. The van der Waals surface area contributed by atoms with E-state index in [0.29, 0.717) is 11.3 Å². The number of rotatable bonds is 6. The number of hydrogen-bond acceptors (Lipinski definition) is 6. The van der Waals surface area contributed by atoms with Crippen molar-refractivity contribution in [2.75, 3.05) is 6.61 Å². The number of ether oxygens (including phenoxy) is 1. The van der Waals surface area contributed by atoms with E-state index < -0.39 is 18.5 Å². The molecule has 0 aliphatic rings. The van der Waals surface area contributed by atoms with Gasteiger partial charge in [0.05, 0.1) is 11.3 Å². The number of benzene rings is 2. The summed E-state index contributed by atoms with van der Waals surface area (Å²) in [6.45, 7) is 1.44. The Kier molecular flexibility index (Phi) is 5.50. The van der Waals surface area contributed by atoms with Crippen LogP contribution in [-0.2, 0) is 16.1 Å². The molecule has 2 aromatic carbocycles. The van der Waals surface area contributed by atoms with Crippen LogP contribution in [0.5, 0.6) is 0 Å². The molecule has 9 heteroatoms. The van der Waals surface area contributed by atoms with Crippen molar-refractivity contribution in [3.8, 4) is 5.69 Å². The third-order valence-corrected chi connectivity index (χ3v) is 3.74. The summed E-state index contributed by atoms with van der Waals surface area (Å²) >= 11 is 0. The Morgan fingerprint density at radius 1 is 1.22 bits per heavy atom. The second kappa shape index (κ2) is 8.17. The lowest BCUT2D eigenvalue weighted by atomic mass is 10.1. The number of aryl methyl sites for hydroxylation is 1. The fourth-order valence-corrected chi connectivity index (χ4v) is 2.34. The molecule has 0 saturated heterocycles. The minimum absolute atomic E-state index is 0.215. The van der Waals surface area contributed by atoms with E-state index in [1.807, 2.05) is 0 Å². The maximum atomic E-state index is 13.2. The first-order valence-corrected chi connectivity index (χ1v) is 8.05. The molecular weight excluding hydrogens is 353 g/mol. The quantitative estimate of drug-likeness (QED) is 0.663. The zero-order chi connectivity index (χ0) is 19.2. The lowest BCUT2D eigenvalue weighted by Gasteiger charge is -2.08. The third-order valence-electron chi connectivity index (χ3n) is 3.74. The van der Waals surface area contributed by atoms with Crippen LogP contribution in [0.15, 0.2) is 48.8 Å². The average molecular weight is 369 g/mol. The molecule has 138 valence electrons. The van der Waals surface area contributed by atoms with Crippen LogP contribution < -0.4 is 5.32 Å². The second-order valence-corrected chi connectivity index (χ2v) is 5.74. The summed E-state index contributed by atoms with van der Waals surface area (Å²) in [5, 5.41) is 13.4. The number of nitrogens with zero attached hydrogens (tertiary/aromatic N) is 4. The number of hydrogen-bond donors (Lipinski definition) is 1. The lowest BCUT2D eigenvalue weighted by Crippen LogP contribution is -2.28. The molecule has 1 aromatic heterocycles. The first-order valence-electron chi connectivity index (χ1n) is 8.05. The van der Waals surface area contributed by atoms with Crippen LogP contribution in [0.3, 0.4) is 0 Å². The molecule has 27 heavy (non-hydrogen) atoms. The van der Waals surface area contributed by atoms with Gasteiger partial charge in [-0.2, -0.15) is 0 Å². The Morgan fingerprint density at radius 3 is 2.81 bits per heavy atom. The number of amides is 1. The van der Waals surface area contributed by atoms with Gasteiger partial charge in [-0.15, -0.1) is 5.10 Å². The Labute approximate surface area is 154 Å². The largest absolute Gasteiger partial charge is 0.452 e. The van der Waals surface area contributed by atoms with Crippen molar-refractivity contribution in [1.29, 1.82) is 0 Å². The molecule has 0 unspecified atom stereocenters. The fraction of sp³-hybridized carbons (Fsp3) is 0.167. The van der Waals surface area contributed by atoms with Gasteiger partial charge < -0.3 is 10.1 Å². The van der Waals surface area contributed by atoms with Crippen LogP contribution in [0.2, 0.25) is 0 Å². The van der Waals surface area contributed by atoms with Crippen LogP contribution in [0.25, 0.3) is 5.69 Å². The smallest absolute Gasteiger partial charge is 0.338 e. The zero-order valence-corrected chi connectivity index (χ0v) is 14.4. The Hall–Kier alpha value is -3.62. The van der Waals surface area contributed by atoms with Gasteiger partial charge in [-0.3, -0.25) is 4.79 Å². The summed E-state index contributed by atoms with van der Waals surface area (Å²) in [7, 11) is 0. The molecule has 0 aliphatic carbocycles. The Morgan fingerprint density at radius 2 is 2.07 bits per heavy atom. The predicted molar refractivity (Wildman–Crippen MR) is 92.4 cm³/mol. The first-order chi connectivity index (χ1) is 13.0. The highest BCUT2D eigenvalue weighted by Gasteiger charge is 2.12. The van der Waals surface area contributed by atoms with Crippen LogP contribution in [0.4, 0.5) is 4.39 Å². The van der Waals surface area contributed by atoms with Gasteiger partial charge in [0.25, 0.3) is 5.91 Å². The van der Waals surface area contributed by atoms with E-state index in [9.17, 15) is 14.0 Å². The second-order valence-electron chi connectivity index (χ2n) is 5.74. The maximum absolute atomic E-state index is 13.2. The van der Waals surface area contributed by atoms with Gasteiger partial charge in [0.15, 0.2) is 6.61 Å². The normalized spacial score (nSPS) is 10.4.